The number of nitrogens with one attached hydrogen (secondary N) is 2. The Morgan fingerprint density at radius 3 is 2.78 bits per heavy atom. The Labute approximate surface area is 159 Å². The van der Waals surface area contributed by atoms with Gasteiger partial charge in [0.25, 0.3) is 5.91 Å². The van der Waals surface area contributed by atoms with E-state index in [1.54, 1.807) is 6.21 Å². The molecule has 1 amide bonds. The van der Waals surface area contributed by atoms with Crippen molar-refractivity contribution in [2.24, 2.45) is 5.10 Å². The summed E-state index contributed by atoms with van der Waals surface area (Å²) in [6, 6.07) is 19.8. The van der Waals surface area contributed by atoms with E-state index < -0.39 is 0 Å². The summed E-state index contributed by atoms with van der Waals surface area (Å²) in [4.78, 5) is 12.0. The van der Waals surface area contributed by atoms with Gasteiger partial charge in [-0.25, -0.2) is 5.43 Å². The second-order valence-electron chi connectivity index (χ2n) is 6.15. The first-order valence-electron chi connectivity index (χ1n) is 8.94. The van der Waals surface area contributed by atoms with Gasteiger partial charge in [-0.2, -0.15) is 5.10 Å². The van der Waals surface area contributed by atoms with Crippen molar-refractivity contribution >= 4 is 28.6 Å². The zero-order valence-corrected chi connectivity index (χ0v) is 15.5. The van der Waals surface area contributed by atoms with Gasteiger partial charge in [0.15, 0.2) is 0 Å². The van der Waals surface area contributed by atoms with Crippen LogP contribution in [0.4, 0.5) is 5.69 Å². The van der Waals surface area contributed by atoms with Crippen LogP contribution in [0.5, 0.6) is 5.75 Å². The van der Waals surface area contributed by atoms with Crippen molar-refractivity contribution in [3.05, 3.63) is 71.8 Å². The maximum atomic E-state index is 12.0. The molecule has 0 saturated heterocycles. The van der Waals surface area contributed by atoms with E-state index in [9.17, 15) is 4.79 Å². The normalized spacial score (nSPS) is 10.9. The van der Waals surface area contributed by atoms with Crippen LogP contribution in [-0.2, 0) is 4.79 Å². The Hall–Kier alpha value is -3.34. The number of carbonyl (C=O) groups is 1. The zero-order valence-electron chi connectivity index (χ0n) is 15.5. The number of hydrogen-bond donors (Lipinski definition) is 2. The fourth-order valence-corrected chi connectivity index (χ4v) is 2.84. The van der Waals surface area contributed by atoms with Crippen LogP contribution < -0.4 is 15.5 Å². The molecule has 0 unspecified atom stereocenters. The second kappa shape index (κ2) is 8.85. The Morgan fingerprint density at radius 1 is 1.11 bits per heavy atom. The third kappa shape index (κ3) is 4.85. The van der Waals surface area contributed by atoms with Crippen molar-refractivity contribution in [2.45, 2.75) is 13.8 Å². The average Bonchev–Trinajstić information content (AvgIpc) is 2.68. The van der Waals surface area contributed by atoms with Gasteiger partial charge in [-0.1, -0.05) is 42.5 Å². The van der Waals surface area contributed by atoms with Gasteiger partial charge in [-0.15, -0.1) is 0 Å². The first kappa shape index (κ1) is 18.5. The Bertz CT molecular complexity index is 967. The summed E-state index contributed by atoms with van der Waals surface area (Å²) in [7, 11) is 0. The number of hydrogen-bond acceptors (Lipinski definition) is 4. The molecule has 0 atom stereocenters. The lowest BCUT2D eigenvalue weighted by Gasteiger charge is -2.10. The molecule has 27 heavy (non-hydrogen) atoms. The molecule has 0 radical (unpaired) electrons. The number of anilines is 1. The molecule has 3 rings (SSSR count). The summed E-state index contributed by atoms with van der Waals surface area (Å²) in [5.74, 6) is 0.526. The van der Waals surface area contributed by atoms with Crippen LogP contribution in [0.2, 0.25) is 0 Å². The molecule has 3 aromatic carbocycles. The molecule has 5 nitrogen and oxygen atoms in total. The first-order valence-corrected chi connectivity index (χ1v) is 8.94. The smallest absolute Gasteiger partial charge is 0.259 e. The monoisotopic (exact) mass is 361 g/mol. The Kier molecular flexibility index (Phi) is 6.05. The highest BCUT2D eigenvalue weighted by Crippen LogP contribution is 2.26. The van der Waals surface area contributed by atoms with Crippen molar-refractivity contribution < 1.29 is 9.53 Å². The van der Waals surface area contributed by atoms with Gasteiger partial charge in [-0.3, -0.25) is 4.79 Å². The maximum Gasteiger partial charge on any atom is 0.259 e. The number of ether oxygens (including phenoxy) is 1. The molecule has 138 valence electrons. The predicted molar refractivity (Wildman–Crippen MR) is 111 cm³/mol. The van der Waals surface area contributed by atoms with E-state index in [1.807, 2.05) is 74.5 Å². The molecular formula is C22H23N3O2. The highest BCUT2D eigenvalue weighted by atomic mass is 16.5. The van der Waals surface area contributed by atoms with E-state index in [0.717, 1.165) is 33.3 Å². The number of rotatable bonds is 7. The molecule has 0 aromatic heterocycles. The van der Waals surface area contributed by atoms with E-state index in [1.165, 1.54) is 0 Å². The molecule has 0 spiro atoms. The summed E-state index contributed by atoms with van der Waals surface area (Å²) in [6.07, 6.45) is 1.64. The molecule has 3 aromatic rings. The van der Waals surface area contributed by atoms with Crippen LogP contribution in [0.3, 0.4) is 0 Å². The van der Waals surface area contributed by atoms with Crippen molar-refractivity contribution in [1.29, 1.82) is 0 Å². The lowest BCUT2D eigenvalue weighted by Crippen LogP contribution is -2.25. The van der Waals surface area contributed by atoms with Crippen LogP contribution in [0.15, 0.2) is 65.8 Å². The molecule has 0 aliphatic carbocycles. The van der Waals surface area contributed by atoms with Gasteiger partial charge >= 0.3 is 0 Å². The largest absolute Gasteiger partial charge is 0.493 e. The van der Waals surface area contributed by atoms with E-state index in [2.05, 4.69) is 15.8 Å². The fraction of sp³-hybridized carbons (Fsp3) is 0.182. The summed E-state index contributed by atoms with van der Waals surface area (Å²) < 4.78 is 5.70. The van der Waals surface area contributed by atoms with E-state index in [-0.39, 0.29) is 12.5 Å². The number of amides is 1. The van der Waals surface area contributed by atoms with E-state index >= 15 is 0 Å². The minimum absolute atomic E-state index is 0.147. The van der Waals surface area contributed by atoms with Crippen LogP contribution >= 0.6 is 0 Å². The third-order valence-electron chi connectivity index (χ3n) is 4.08. The van der Waals surface area contributed by atoms with Crippen LogP contribution in [0.1, 0.15) is 18.1 Å². The van der Waals surface area contributed by atoms with Crippen molar-refractivity contribution in [3.63, 3.8) is 0 Å². The molecule has 0 aliphatic heterocycles. The topological polar surface area (TPSA) is 62.7 Å². The van der Waals surface area contributed by atoms with Gasteiger partial charge in [0.05, 0.1) is 19.4 Å². The predicted octanol–water partition coefficient (Wildman–Crippen LogP) is 4.11. The van der Waals surface area contributed by atoms with Gasteiger partial charge in [-0.05, 0) is 48.4 Å². The quantitative estimate of drug-likeness (QED) is 0.492. The van der Waals surface area contributed by atoms with Gasteiger partial charge < -0.3 is 10.1 Å². The molecular weight excluding hydrogens is 338 g/mol. The Balaban J connectivity index is 1.68. The number of nitrogens with zero attached hydrogens (tertiary/aromatic N) is 1. The van der Waals surface area contributed by atoms with Crippen molar-refractivity contribution in [3.8, 4) is 5.75 Å². The number of aryl methyl sites for hydroxylation is 1. The summed E-state index contributed by atoms with van der Waals surface area (Å²) in [6.45, 7) is 4.66. The molecule has 0 saturated carbocycles. The van der Waals surface area contributed by atoms with Crippen LogP contribution in [0, 0.1) is 6.92 Å². The highest BCUT2D eigenvalue weighted by Gasteiger charge is 2.07. The summed E-state index contributed by atoms with van der Waals surface area (Å²) >= 11 is 0. The zero-order chi connectivity index (χ0) is 19.1. The van der Waals surface area contributed by atoms with Gasteiger partial charge in [0.2, 0.25) is 0 Å². The number of carbonyl (C=O) groups excluding carboxylic acids is 1. The van der Waals surface area contributed by atoms with Crippen LogP contribution in [0.25, 0.3) is 10.8 Å². The van der Waals surface area contributed by atoms with E-state index in [0.29, 0.717) is 6.61 Å². The number of benzene rings is 3. The molecule has 5 heteroatoms. The molecule has 2 N–H and O–H groups in total. The summed E-state index contributed by atoms with van der Waals surface area (Å²) in [5.41, 5.74) is 5.45. The minimum atomic E-state index is -0.217. The third-order valence-corrected chi connectivity index (χ3v) is 4.08. The van der Waals surface area contributed by atoms with Crippen LogP contribution in [-0.4, -0.2) is 25.3 Å². The minimum Gasteiger partial charge on any atom is -0.493 e. The Morgan fingerprint density at radius 2 is 1.96 bits per heavy atom. The standard InChI is InChI=1S/C22H23N3O2/c1-3-27-21-12-11-17-8-4-5-10-19(17)20(21)14-24-25-22(26)15-23-18-9-6-7-16(2)13-18/h4-14,23H,3,15H2,1-2H3,(H,25,26)/b24-14-. The SMILES string of the molecule is CCOc1ccc2ccccc2c1/C=N\NC(=O)CNc1cccc(C)c1. The average molecular weight is 361 g/mol. The van der Waals surface area contributed by atoms with Crippen molar-refractivity contribution in [2.75, 3.05) is 18.5 Å². The number of fused-ring (bicyclic) bond motifs is 1. The number of hydrazone groups is 1. The molecule has 0 aliphatic rings. The van der Waals surface area contributed by atoms with Gasteiger partial charge in [0, 0.05) is 11.3 Å². The lowest BCUT2D eigenvalue weighted by molar-refractivity contribution is -0.119. The maximum absolute atomic E-state index is 12.0. The second-order valence-corrected chi connectivity index (χ2v) is 6.15. The first-order chi connectivity index (χ1) is 13.2. The molecule has 0 bridgehead atoms. The van der Waals surface area contributed by atoms with E-state index in [4.69, 9.17) is 4.74 Å². The fourth-order valence-electron chi connectivity index (χ4n) is 2.84. The van der Waals surface area contributed by atoms with Crippen molar-refractivity contribution in [1.82, 2.24) is 5.43 Å². The molecule has 0 heterocycles. The highest BCUT2D eigenvalue weighted by molar-refractivity contribution is 6.02. The lowest BCUT2D eigenvalue weighted by atomic mass is 10.0. The summed E-state index contributed by atoms with van der Waals surface area (Å²) in [5, 5.41) is 9.32. The molecule has 0 fully saturated rings. The van der Waals surface area contributed by atoms with Gasteiger partial charge in [0.1, 0.15) is 5.75 Å².